The fraction of sp³-hybridized carbons (Fsp3) is 0.588. The van der Waals surface area contributed by atoms with Crippen LogP contribution < -0.4 is 11.1 Å². The maximum atomic E-state index is 6.05. The number of guanidine groups is 1. The van der Waals surface area contributed by atoms with E-state index in [9.17, 15) is 0 Å². The zero-order chi connectivity index (χ0) is 15.1. The molecule has 116 valence electrons. The van der Waals surface area contributed by atoms with Crippen molar-refractivity contribution in [2.45, 2.75) is 45.6 Å². The van der Waals surface area contributed by atoms with Crippen LogP contribution in [0.4, 0.5) is 5.69 Å². The quantitative estimate of drug-likeness (QED) is 0.596. The molecule has 1 fully saturated rings. The normalized spacial score (nSPS) is 17.3. The number of hydrogen-bond acceptors (Lipinski definition) is 2. The molecule has 4 nitrogen and oxygen atoms in total. The second-order valence-corrected chi connectivity index (χ2v) is 6.02. The van der Waals surface area contributed by atoms with Crippen molar-refractivity contribution in [1.29, 1.82) is 0 Å². The van der Waals surface area contributed by atoms with E-state index in [4.69, 9.17) is 10.5 Å². The Balaban J connectivity index is 1.97. The molecule has 1 aliphatic carbocycles. The zero-order valence-corrected chi connectivity index (χ0v) is 13.2. The molecule has 1 aromatic rings. The maximum Gasteiger partial charge on any atom is 0.193 e. The van der Waals surface area contributed by atoms with Gasteiger partial charge in [-0.25, -0.2) is 0 Å². The van der Waals surface area contributed by atoms with Gasteiger partial charge in [-0.2, -0.15) is 0 Å². The highest BCUT2D eigenvalue weighted by atomic mass is 16.5. The van der Waals surface area contributed by atoms with E-state index in [1.54, 1.807) is 7.11 Å². The lowest BCUT2D eigenvalue weighted by Crippen LogP contribution is -2.34. The van der Waals surface area contributed by atoms with Crippen molar-refractivity contribution < 1.29 is 4.74 Å². The zero-order valence-electron chi connectivity index (χ0n) is 13.2. The van der Waals surface area contributed by atoms with Gasteiger partial charge in [-0.15, -0.1) is 0 Å². The summed E-state index contributed by atoms with van der Waals surface area (Å²) in [5.74, 6) is 0.501. The highest BCUT2D eigenvalue weighted by molar-refractivity contribution is 5.93. The monoisotopic (exact) mass is 289 g/mol. The number of rotatable bonds is 7. The van der Waals surface area contributed by atoms with Crippen LogP contribution in [0.5, 0.6) is 0 Å². The van der Waals surface area contributed by atoms with Crippen LogP contribution in [0.3, 0.4) is 0 Å². The van der Waals surface area contributed by atoms with E-state index >= 15 is 0 Å². The van der Waals surface area contributed by atoms with Gasteiger partial charge < -0.3 is 15.8 Å². The van der Waals surface area contributed by atoms with Crippen molar-refractivity contribution >= 4 is 11.6 Å². The number of para-hydroxylation sites is 1. The van der Waals surface area contributed by atoms with E-state index in [2.05, 4.69) is 17.2 Å². The first-order valence-corrected chi connectivity index (χ1v) is 7.83. The second kappa shape index (κ2) is 7.46. The Morgan fingerprint density at radius 2 is 2.14 bits per heavy atom. The molecule has 21 heavy (non-hydrogen) atoms. The highest BCUT2D eigenvalue weighted by Gasteiger charge is 2.35. The lowest BCUT2D eigenvalue weighted by Gasteiger charge is -2.40. The minimum absolute atomic E-state index is 0.410. The molecule has 0 heterocycles. The van der Waals surface area contributed by atoms with Crippen molar-refractivity contribution in [3.05, 3.63) is 29.8 Å². The molecule has 3 N–H and O–H groups in total. The third-order valence-electron chi connectivity index (χ3n) is 4.36. The van der Waals surface area contributed by atoms with Crippen LogP contribution in [0, 0.1) is 5.41 Å². The first kappa shape index (κ1) is 15.8. The average Bonchev–Trinajstić information content (AvgIpc) is 2.44. The summed E-state index contributed by atoms with van der Waals surface area (Å²) in [5, 5.41) is 3.21. The van der Waals surface area contributed by atoms with Gasteiger partial charge in [0, 0.05) is 24.9 Å². The maximum absolute atomic E-state index is 6.05. The summed E-state index contributed by atoms with van der Waals surface area (Å²) in [6.45, 7) is 3.65. The first-order valence-electron chi connectivity index (χ1n) is 7.83. The summed E-state index contributed by atoms with van der Waals surface area (Å²) in [4.78, 5) is 4.58. The fourth-order valence-corrected chi connectivity index (χ4v) is 3.05. The second-order valence-electron chi connectivity index (χ2n) is 6.02. The molecule has 1 aromatic carbocycles. The van der Waals surface area contributed by atoms with Crippen LogP contribution in [-0.2, 0) is 11.3 Å². The van der Waals surface area contributed by atoms with E-state index in [1.165, 1.54) is 32.1 Å². The SMILES string of the molecule is CCCC1(CN=C(N)Nc2ccccc2COC)CCC1. The van der Waals surface area contributed by atoms with Gasteiger partial charge in [-0.05, 0) is 30.7 Å². The van der Waals surface area contributed by atoms with Gasteiger partial charge in [-0.1, -0.05) is 38.0 Å². The van der Waals surface area contributed by atoms with Crippen molar-refractivity contribution in [1.82, 2.24) is 0 Å². The standard InChI is InChI=1S/C17H27N3O/c1-3-9-17(10-6-11-17)13-19-16(18)20-15-8-5-4-7-14(15)12-21-2/h4-5,7-8H,3,6,9-13H2,1-2H3,(H3,18,19,20). The largest absolute Gasteiger partial charge is 0.380 e. The molecule has 0 saturated heterocycles. The summed E-state index contributed by atoms with van der Waals surface area (Å²) in [5.41, 5.74) is 8.52. The number of aliphatic imine (C=N–C) groups is 1. The number of hydrogen-bond donors (Lipinski definition) is 2. The minimum atomic E-state index is 0.410. The average molecular weight is 289 g/mol. The molecular weight excluding hydrogens is 262 g/mol. The van der Waals surface area contributed by atoms with Crippen molar-refractivity contribution in [2.24, 2.45) is 16.1 Å². The molecule has 0 aliphatic heterocycles. The van der Waals surface area contributed by atoms with E-state index < -0.39 is 0 Å². The van der Waals surface area contributed by atoms with E-state index in [0.29, 0.717) is 18.0 Å². The summed E-state index contributed by atoms with van der Waals surface area (Å²) in [7, 11) is 1.69. The van der Waals surface area contributed by atoms with Crippen LogP contribution in [0.1, 0.15) is 44.6 Å². The molecule has 1 saturated carbocycles. The van der Waals surface area contributed by atoms with Crippen LogP contribution in [0.2, 0.25) is 0 Å². The molecule has 0 spiro atoms. The highest BCUT2D eigenvalue weighted by Crippen LogP contribution is 2.44. The topological polar surface area (TPSA) is 59.6 Å². The van der Waals surface area contributed by atoms with Crippen molar-refractivity contribution in [3.63, 3.8) is 0 Å². The molecule has 0 unspecified atom stereocenters. The van der Waals surface area contributed by atoms with Gasteiger partial charge in [-0.3, -0.25) is 4.99 Å². The van der Waals surface area contributed by atoms with Gasteiger partial charge in [0.05, 0.1) is 6.61 Å². The predicted octanol–water partition coefficient (Wildman–Crippen LogP) is 3.53. The summed E-state index contributed by atoms with van der Waals surface area (Å²) in [6, 6.07) is 8.02. The van der Waals surface area contributed by atoms with E-state index in [0.717, 1.165) is 17.8 Å². The molecule has 0 aromatic heterocycles. The number of nitrogens with two attached hydrogens (primary N) is 1. The summed E-state index contributed by atoms with van der Waals surface area (Å²) < 4.78 is 5.20. The summed E-state index contributed by atoms with van der Waals surface area (Å²) in [6.07, 6.45) is 6.39. The molecule has 0 amide bonds. The Hall–Kier alpha value is -1.55. The van der Waals surface area contributed by atoms with Gasteiger partial charge >= 0.3 is 0 Å². The van der Waals surface area contributed by atoms with Crippen molar-refractivity contribution in [2.75, 3.05) is 19.0 Å². The molecular formula is C17H27N3O. The Kier molecular flexibility index (Phi) is 5.62. The van der Waals surface area contributed by atoms with Crippen LogP contribution >= 0.6 is 0 Å². The first-order chi connectivity index (χ1) is 10.2. The van der Waals surface area contributed by atoms with Crippen LogP contribution in [0.25, 0.3) is 0 Å². The number of anilines is 1. The Morgan fingerprint density at radius 1 is 1.38 bits per heavy atom. The van der Waals surface area contributed by atoms with Gasteiger partial charge in [0.1, 0.15) is 0 Å². The van der Waals surface area contributed by atoms with E-state index in [1.807, 2.05) is 24.3 Å². The third kappa shape index (κ3) is 4.21. The Morgan fingerprint density at radius 3 is 2.76 bits per heavy atom. The van der Waals surface area contributed by atoms with Crippen LogP contribution in [0.15, 0.2) is 29.3 Å². The Bertz CT molecular complexity index is 481. The minimum Gasteiger partial charge on any atom is -0.380 e. The molecule has 1 aliphatic rings. The van der Waals surface area contributed by atoms with E-state index in [-0.39, 0.29) is 0 Å². The number of ether oxygens (including phenoxy) is 1. The molecule has 2 rings (SSSR count). The lowest BCUT2D eigenvalue weighted by molar-refractivity contribution is 0.130. The third-order valence-corrected chi connectivity index (χ3v) is 4.36. The molecule has 0 bridgehead atoms. The molecule has 0 atom stereocenters. The van der Waals surface area contributed by atoms with Crippen molar-refractivity contribution in [3.8, 4) is 0 Å². The predicted molar refractivity (Wildman–Crippen MR) is 88.5 cm³/mol. The van der Waals surface area contributed by atoms with Gasteiger partial charge in [0.15, 0.2) is 5.96 Å². The van der Waals surface area contributed by atoms with Gasteiger partial charge in [0.2, 0.25) is 0 Å². The smallest absolute Gasteiger partial charge is 0.193 e. The number of benzene rings is 1. The van der Waals surface area contributed by atoms with Crippen LogP contribution in [-0.4, -0.2) is 19.6 Å². The number of nitrogens with one attached hydrogen (secondary N) is 1. The summed E-state index contributed by atoms with van der Waals surface area (Å²) >= 11 is 0. The Labute approximate surface area is 127 Å². The molecule has 4 heteroatoms. The van der Waals surface area contributed by atoms with Gasteiger partial charge in [0.25, 0.3) is 0 Å². The molecule has 0 radical (unpaired) electrons. The lowest BCUT2D eigenvalue weighted by atomic mass is 9.66. The fourth-order valence-electron chi connectivity index (χ4n) is 3.05. The number of methoxy groups -OCH3 is 1. The number of nitrogens with zero attached hydrogens (tertiary/aromatic N) is 1.